The highest BCUT2D eigenvalue weighted by molar-refractivity contribution is 5.36. The number of benzene rings is 1. The van der Waals surface area contributed by atoms with Crippen LogP contribution in [-0.4, -0.2) is 0 Å². The Morgan fingerprint density at radius 2 is 2.00 bits per heavy atom. The highest BCUT2D eigenvalue weighted by atomic mass is 14.1. The van der Waals surface area contributed by atoms with E-state index in [0.29, 0.717) is 0 Å². The Kier molecular flexibility index (Phi) is 7.26. The van der Waals surface area contributed by atoms with Crippen molar-refractivity contribution in [2.75, 3.05) is 0 Å². The number of rotatable bonds is 7. The average molecular weight is 242 g/mol. The Morgan fingerprint density at radius 1 is 1.17 bits per heavy atom. The zero-order valence-electron chi connectivity index (χ0n) is 12.1. The number of hydrogen-bond donors (Lipinski definition) is 0. The smallest absolute Gasteiger partial charge is 0.0247 e. The zero-order valence-corrected chi connectivity index (χ0v) is 12.1. The van der Waals surface area contributed by atoms with E-state index in [0.717, 1.165) is 11.5 Å². The van der Waals surface area contributed by atoms with Crippen LogP contribution in [0.15, 0.2) is 24.3 Å². The average Bonchev–Trinajstić information content (AvgIpc) is 2.38. The van der Waals surface area contributed by atoms with Gasteiger partial charge in [-0.25, -0.2) is 0 Å². The first-order chi connectivity index (χ1) is 8.76. The number of aryl methyl sites for hydroxylation is 1. The van der Waals surface area contributed by atoms with Crippen molar-refractivity contribution in [2.24, 2.45) is 5.92 Å². The largest absolute Gasteiger partial charge is 0.101 e. The summed E-state index contributed by atoms with van der Waals surface area (Å²) in [5.41, 5.74) is 2.58. The van der Waals surface area contributed by atoms with Gasteiger partial charge in [0.15, 0.2) is 0 Å². The van der Waals surface area contributed by atoms with Crippen molar-refractivity contribution < 1.29 is 0 Å². The van der Waals surface area contributed by atoms with Gasteiger partial charge in [-0.05, 0) is 43.4 Å². The lowest BCUT2D eigenvalue weighted by molar-refractivity contribution is 0.464. The second-order valence-electron chi connectivity index (χ2n) is 5.22. The van der Waals surface area contributed by atoms with E-state index < -0.39 is 0 Å². The minimum Gasteiger partial charge on any atom is -0.101 e. The van der Waals surface area contributed by atoms with Crippen LogP contribution in [0, 0.1) is 17.8 Å². The summed E-state index contributed by atoms with van der Waals surface area (Å²) in [4.78, 5) is 0. The third-order valence-electron chi connectivity index (χ3n) is 3.42. The molecule has 1 aromatic carbocycles. The molecular formula is C18H26. The summed E-state index contributed by atoms with van der Waals surface area (Å²) in [6.07, 6.45) is 7.96. The van der Waals surface area contributed by atoms with Crippen LogP contribution in [-0.2, 0) is 6.42 Å². The van der Waals surface area contributed by atoms with Crippen LogP contribution in [0.25, 0.3) is 0 Å². The van der Waals surface area contributed by atoms with Gasteiger partial charge >= 0.3 is 0 Å². The first kappa shape index (κ1) is 14.8. The normalized spacial score (nSPS) is 11.7. The summed E-state index contributed by atoms with van der Waals surface area (Å²) in [6, 6.07) is 8.66. The Bertz CT molecular complexity index is 392. The summed E-state index contributed by atoms with van der Waals surface area (Å²) in [5.74, 6) is 6.93. The molecule has 1 unspecified atom stereocenters. The van der Waals surface area contributed by atoms with Gasteiger partial charge in [0.2, 0.25) is 0 Å². The molecule has 1 aromatic rings. The number of hydrogen-bond acceptors (Lipinski definition) is 0. The first-order valence-corrected chi connectivity index (χ1v) is 7.28. The lowest BCUT2D eigenvalue weighted by atomic mass is 9.95. The van der Waals surface area contributed by atoms with Crippen LogP contribution in [0.3, 0.4) is 0 Å². The second kappa shape index (κ2) is 8.81. The molecule has 0 N–H and O–H groups in total. The zero-order chi connectivity index (χ0) is 13.2. The van der Waals surface area contributed by atoms with E-state index >= 15 is 0 Å². The fourth-order valence-electron chi connectivity index (χ4n) is 2.25. The van der Waals surface area contributed by atoms with Crippen molar-refractivity contribution in [3.05, 3.63) is 35.4 Å². The predicted molar refractivity (Wildman–Crippen MR) is 80.6 cm³/mol. The van der Waals surface area contributed by atoms with E-state index in [2.05, 4.69) is 50.0 Å². The van der Waals surface area contributed by atoms with Gasteiger partial charge in [0.1, 0.15) is 0 Å². The summed E-state index contributed by atoms with van der Waals surface area (Å²) in [6.45, 7) is 6.54. The minimum absolute atomic E-state index is 0.845. The van der Waals surface area contributed by atoms with E-state index in [1.807, 2.05) is 6.92 Å². The van der Waals surface area contributed by atoms with E-state index in [1.165, 1.54) is 44.1 Å². The Morgan fingerprint density at radius 3 is 2.72 bits per heavy atom. The van der Waals surface area contributed by atoms with Crippen molar-refractivity contribution in [1.82, 2.24) is 0 Å². The SMILES string of the molecule is CC#Cc1cccc(CCC(C)CCCCC)c1. The summed E-state index contributed by atoms with van der Waals surface area (Å²) < 4.78 is 0. The maximum atomic E-state index is 3.13. The molecule has 0 aromatic heterocycles. The maximum absolute atomic E-state index is 3.13. The van der Waals surface area contributed by atoms with Crippen LogP contribution in [0.2, 0.25) is 0 Å². The van der Waals surface area contributed by atoms with Gasteiger partial charge in [-0.1, -0.05) is 57.6 Å². The lowest BCUT2D eigenvalue weighted by Crippen LogP contribution is -1.98. The van der Waals surface area contributed by atoms with Gasteiger partial charge in [0, 0.05) is 5.56 Å². The molecule has 0 nitrogen and oxygen atoms in total. The highest BCUT2D eigenvalue weighted by Gasteiger charge is 2.03. The van der Waals surface area contributed by atoms with Gasteiger partial charge in [-0.15, -0.1) is 5.92 Å². The molecule has 1 rings (SSSR count). The molecule has 1 atom stereocenters. The summed E-state index contributed by atoms with van der Waals surface area (Å²) in [5, 5.41) is 0. The van der Waals surface area contributed by atoms with Crippen LogP contribution >= 0.6 is 0 Å². The molecule has 98 valence electrons. The van der Waals surface area contributed by atoms with Crippen LogP contribution < -0.4 is 0 Å². The fraction of sp³-hybridized carbons (Fsp3) is 0.556. The minimum atomic E-state index is 0.845. The van der Waals surface area contributed by atoms with Gasteiger partial charge in [-0.2, -0.15) is 0 Å². The predicted octanol–water partition coefficient (Wildman–Crippen LogP) is 5.21. The molecule has 0 aliphatic heterocycles. The lowest BCUT2D eigenvalue weighted by Gasteiger charge is -2.11. The third kappa shape index (κ3) is 5.92. The molecule has 0 saturated heterocycles. The topological polar surface area (TPSA) is 0 Å². The van der Waals surface area contributed by atoms with Crippen LogP contribution in [0.1, 0.15) is 64.0 Å². The van der Waals surface area contributed by atoms with Crippen molar-refractivity contribution in [1.29, 1.82) is 0 Å². The van der Waals surface area contributed by atoms with Gasteiger partial charge < -0.3 is 0 Å². The standard InChI is InChI=1S/C18H26/c1-4-6-7-10-16(3)13-14-18-12-8-11-17(15-18)9-5-2/h8,11-12,15-16H,4,6-7,10,13-14H2,1-3H3. The van der Waals surface area contributed by atoms with E-state index in [1.54, 1.807) is 0 Å². The van der Waals surface area contributed by atoms with E-state index in [9.17, 15) is 0 Å². The molecule has 0 heteroatoms. The molecule has 0 amide bonds. The van der Waals surface area contributed by atoms with Crippen LogP contribution in [0.5, 0.6) is 0 Å². The molecule has 0 radical (unpaired) electrons. The monoisotopic (exact) mass is 242 g/mol. The Labute approximate surface area is 113 Å². The van der Waals surface area contributed by atoms with Crippen molar-refractivity contribution in [2.45, 2.75) is 59.3 Å². The highest BCUT2D eigenvalue weighted by Crippen LogP contribution is 2.16. The van der Waals surface area contributed by atoms with Crippen molar-refractivity contribution in [3.63, 3.8) is 0 Å². The van der Waals surface area contributed by atoms with E-state index in [4.69, 9.17) is 0 Å². The maximum Gasteiger partial charge on any atom is 0.0247 e. The Hall–Kier alpha value is -1.22. The fourth-order valence-corrected chi connectivity index (χ4v) is 2.25. The molecule has 0 bridgehead atoms. The quantitative estimate of drug-likeness (QED) is 0.455. The summed E-state index contributed by atoms with van der Waals surface area (Å²) >= 11 is 0. The molecule has 0 saturated carbocycles. The third-order valence-corrected chi connectivity index (χ3v) is 3.42. The first-order valence-electron chi connectivity index (χ1n) is 7.28. The van der Waals surface area contributed by atoms with Crippen molar-refractivity contribution >= 4 is 0 Å². The molecule has 0 aliphatic rings. The van der Waals surface area contributed by atoms with E-state index in [-0.39, 0.29) is 0 Å². The van der Waals surface area contributed by atoms with Gasteiger partial charge in [-0.3, -0.25) is 0 Å². The second-order valence-corrected chi connectivity index (χ2v) is 5.22. The molecule has 0 spiro atoms. The molecular weight excluding hydrogens is 216 g/mol. The molecule has 0 fully saturated rings. The molecule has 0 heterocycles. The van der Waals surface area contributed by atoms with Crippen molar-refractivity contribution in [3.8, 4) is 11.8 Å². The molecule has 18 heavy (non-hydrogen) atoms. The van der Waals surface area contributed by atoms with Gasteiger partial charge in [0.05, 0.1) is 0 Å². The summed E-state index contributed by atoms with van der Waals surface area (Å²) in [7, 11) is 0. The number of unbranched alkanes of at least 4 members (excludes halogenated alkanes) is 2. The van der Waals surface area contributed by atoms with Crippen LogP contribution in [0.4, 0.5) is 0 Å². The molecule has 0 aliphatic carbocycles. The Balaban J connectivity index is 2.37. The van der Waals surface area contributed by atoms with Gasteiger partial charge in [0.25, 0.3) is 0 Å².